The van der Waals surface area contributed by atoms with E-state index in [0.717, 1.165) is 38.4 Å². The average Bonchev–Trinajstić information content (AvgIpc) is 3.81. The molecule has 51 heavy (non-hydrogen) atoms. The van der Waals surface area contributed by atoms with Crippen molar-refractivity contribution in [3.05, 3.63) is 106 Å². The molecule has 2 atom stereocenters. The van der Waals surface area contributed by atoms with Crippen molar-refractivity contribution < 1.29 is 50.5 Å². The van der Waals surface area contributed by atoms with Crippen LogP contribution in [-0.2, 0) is 25.8 Å². The molecule has 15 nitrogen and oxygen atoms in total. The summed E-state index contributed by atoms with van der Waals surface area (Å²) in [6.07, 6.45) is -8.09. The van der Waals surface area contributed by atoms with E-state index < -0.39 is 52.1 Å². The number of hydrogen-bond acceptors (Lipinski definition) is 10. The molecule has 1 saturated heterocycles. The molecule has 2 unspecified atom stereocenters. The van der Waals surface area contributed by atoms with Gasteiger partial charge in [-0.15, -0.1) is 5.01 Å². The van der Waals surface area contributed by atoms with Gasteiger partial charge in [0, 0.05) is 12.0 Å². The van der Waals surface area contributed by atoms with Gasteiger partial charge in [-0.3, -0.25) is 9.59 Å². The number of carbonyl (C=O) groups excluding carboxylic acids is 3. The number of rotatable bonds is 9. The lowest BCUT2D eigenvalue weighted by Gasteiger charge is -2.19. The number of hydrogen-bond donors (Lipinski definition) is 1. The Hall–Kier alpha value is -5.98. The van der Waals surface area contributed by atoms with E-state index >= 15 is 0 Å². The number of ether oxygens (including phenoxy) is 1. The summed E-state index contributed by atoms with van der Waals surface area (Å²) in [6, 6.07) is 18.5. The van der Waals surface area contributed by atoms with Gasteiger partial charge >= 0.3 is 12.3 Å². The third kappa shape index (κ3) is 7.18. The first kappa shape index (κ1) is 34.9. The van der Waals surface area contributed by atoms with Gasteiger partial charge in [-0.25, -0.2) is 27.5 Å². The SMILES string of the molecule is Cc1ccc(-c2cc(C(F)(F)F)nn2-c2ccc(S(=O)(=O)NC(=O)OC3CCN(/[N+]([O-])=N\OC(C)N4C(=O)c5ccccc5C4=O)C3)cc2)cc1. The predicted molar refractivity (Wildman–Crippen MR) is 169 cm³/mol. The van der Waals surface area contributed by atoms with E-state index in [1.54, 1.807) is 41.1 Å². The van der Waals surface area contributed by atoms with E-state index in [2.05, 4.69) is 10.4 Å². The largest absolute Gasteiger partial charge is 0.569 e. The van der Waals surface area contributed by atoms with Crippen LogP contribution in [0.1, 0.15) is 45.3 Å². The van der Waals surface area contributed by atoms with E-state index in [4.69, 9.17) is 9.57 Å². The molecule has 2 aliphatic rings. The van der Waals surface area contributed by atoms with Crippen molar-refractivity contribution in [2.24, 2.45) is 5.28 Å². The summed E-state index contributed by atoms with van der Waals surface area (Å²) >= 11 is 0. The number of amides is 3. The van der Waals surface area contributed by atoms with Crippen molar-refractivity contribution in [3.63, 3.8) is 0 Å². The molecule has 19 heteroatoms. The van der Waals surface area contributed by atoms with Gasteiger partial charge < -0.3 is 14.8 Å². The second kappa shape index (κ2) is 13.4. The lowest BCUT2D eigenvalue weighted by molar-refractivity contribution is -0.709. The molecule has 1 N–H and O–H groups in total. The number of nitrogens with zero attached hydrogens (tertiary/aromatic N) is 6. The molecule has 4 aromatic rings. The van der Waals surface area contributed by atoms with Gasteiger partial charge in [-0.05, 0) is 56.3 Å². The average molecular weight is 728 g/mol. The van der Waals surface area contributed by atoms with Crippen LogP contribution in [0.3, 0.4) is 0 Å². The van der Waals surface area contributed by atoms with Crippen LogP contribution in [0, 0.1) is 12.1 Å². The molecule has 1 fully saturated rings. The highest BCUT2D eigenvalue weighted by atomic mass is 32.2. The Morgan fingerprint density at radius 2 is 1.67 bits per heavy atom. The molecule has 1 aromatic heterocycles. The van der Waals surface area contributed by atoms with Crippen LogP contribution in [-0.4, -0.2) is 76.4 Å². The van der Waals surface area contributed by atoms with Gasteiger partial charge in [0.25, 0.3) is 21.8 Å². The van der Waals surface area contributed by atoms with Crippen LogP contribution in [0.4, 0.5) is 18.0 Å². The third-order valence-electron chi connectivity index (χ3n) is 8.05. The molecular weight excluding hydrogens is 699 g/mol. The van der Waals surface area contributed by atoms with E-state index in [1.165, 1.54) is 31.2 Å². The van der Waals surface area contributed by atoms with Gasteiger partial charge in [-0.2, -0.15) is 18.3 Å². The number of nitrogens with one attached hydrogen (secondary N) is 1. The molecule has 0 aliphatic carbocycles. The van der Waals surface area contributed by atoms with E-state index in [-0.39, 0.29) is 51.9 Å². The van der Waals surface area contributed by atoms with E-state index in [9.17, 15) is 41.2 Å². The van der Waals surface area contributed by atoms with Gasteiger partial charge in [0.05, 0.1) is 38.9 Å². The topological polar surface area (TPSA) is 179 Å². The first-order valence-electron chi connectivity index (χ1n) is 15.3. The minimum Gasteiger partial charge on any atom is -0.569 e. The fourth-order valence-corrected chi connectivity index (χ4v) is 6.34. The van der Waals surface area contributed by atoms with Crippen LogP contribution in [0.5, 0.6) is 0 Å². The van der Waals surface area contributed by atoms with Gasteiger partial charge in [0.2, 0.25) is 11.5 Å². The van der Waals surface area contributed by atoms with Crippen LogP contribution in [0.2, 0.25) is 0 Å². The maximum Gasteiger partial charge on any atom is 0.435 e. The van der Waals surface area contributed by atoms with Crippen LogP contribution in [0.25, 0.3) is 16.9 Å². The van der Waals surface area contributed by atoms with Crippen LogP contribution >= 0.6 is 0 Å². The fraction of sp³-hybridized carbons (Fsp3) is 0.250. The van der Waals surface area contributed by atoms with E-state index in [1.807, 2.05) is 6.92 Å². The summed E-state index contributed by atoms with van der Waals surface area (Å²) in [6.45, 7) is 3.04. The highest BCUT2D eigenvalue weighted by Crippen LogP contribution is 2.33. The molecule has 2 aliphatic heterocycles. The molecule has 266 valence electrons. The number of halogens is 3. The Morgan fingerprint density at radius 3 is 2.27 bits per heavy atom. The zero-order chi connectivity index (χ0) is 36.7. The van der Waals surface area contributed by atoms with Gasteiger partial charge in [0.15, 0.2) is 5.69 Å². The molecular formula is C32H28F3N7O8S. The Balaban J connectivity index is 1.05. The van der Waals surface area contributed by atoms with Crippen molar-refractivity contribution in [1.82, 2.24) is 24.4 Å². The molecule has 0 saturated carbocycles. The zero-order valence-corrected chi connectivity index (χ0v) is 27.6. The highest BCUT2D eigenvalue weighted by molar-refractivity contribution is 7.90. The quantitative estimate of drug-likeness (QED) is 0.109. The molecule has 3 amide bonds. The third-order valence-corrected chi connectivity index (χ3v) is 9.38. The number of aromatic nitrogens is 2. The Morgan fingerprint density at radius 1 is 1.04 bits per heavy atom. The number of benzene rings is 3. The smallest absolute Gasteiger partial charge is 0.435 e. The fourth-order valence-electron chi connectivity index (χ4n) is 5.46. The molecule has 6 rings (SSSR count). The second-order valence-corrected chi connectivity index (χ2v) is 13.3. The van der Waals surface area contributed by atoms with Crippen LogP contribution < -0.4 is 4.72 Å². The number of hydrazine groups is 1. The maximum atomic E-state index is 13.5. The first-order chi connectivity index (χ1) is 24.1. The molecule has 0 spiro atoms. The second-order valence-electron chi connectivity index (χ2n) is 11.6. The van der Waals surface area contributed by atoms with Crippen molar-refractivity contribution in [2.45, 2.75) is 43.7 Å². The van der Waals surface area contributed by atoms with E-state index in [0.29, 0.717) is 5.56 Å². The monoisotopic (exact) mass is 727 g/mol. The summed E-state index contributed by atoms with van der Waals surface area (Å²) in [7, 11) is -4.49. The van der Waals surface area contributed by atoms with Crippen molar-refractivity contribution in [2.75, 3.05) is 13.1 Å². The van der Waals surface area contributed by atoms with Crippen LogP contribution in [0.15, 0.2) is 89.0 Å². The normalized spacial score (nSPS) is 17.0. The van der Waals surface area contributed by atoms with Gasteiger partial charge in [-0.1, -0.05) is 42.0 Å². The lowest BCUT2D eigenvalue weighted by atomic mass is 10.1. The minimum absolute atomic E-state index is 0.0397. The summed E-state index contributed by atoms with van der Waals surface area (Å²) in [5.41, 5.74) is 0.849. The molecule has 0 radical (unpaired) electrons. The number of sulfonamides is 1. The molecule has 0 bridgehead atoms. The zero-order valence-electron chi connectivity index (χ0n) is 26.8. The minimum atomic E-state index is -4.73. The molecule has 3 aromatic carbocycles. The summed E-state index contributed by atoms with van der Waals surface area (Å²) in [5.74, 6) is -1.21. The highest BCUT2D eigenvalue weighted by Gasteiger charge is 2.40. The number of imide groups is 1. The standard InChI is InChI=1S/C32H28F3N7O8S/c1-19-7-9-21(10-8-19)27-17-28(32(33,34)35)36-41(27)22-11-13-24(14-12-22)51(47,48)37-31(45)49-23-15-16-39(18-23)42(46)38-50-20(2)40-29(43)25-5-3-4-6-26(25)30(40)44/h3-14,17,20,23H,15-16,18H2,1-2H3,(H,37,45)/b42-38+. The molecule has 3 heterocycles. The maximum absolute atomic E-state index is 13.5. The number of alkyl halides is 3. The Labute approximate surface area is 288 Å². The number of fused-ring (bicyclic) bond motifs is 1. The van der Waals surface area contributed by atoms with Crippen molar-refractivity contribution in [3.8, 4) is 16.9 Å². The van der Waals surface area contributed by atoms with Crippen molar-refractivity contribution in [1.29, 1.82) is 0 Å². The Bertz CT molecular complexity index is 2100. The van der Waals surface area contributed by atoms with Gasteiger partial charge in [0.1, 0.15) is 12.6 Å². The van der Waals surface area contributed by atoms with Crippen molar-refractivity contribution >= 4 is 27.9 Å². The number of aryl methyl sites for hydroxylation is 1. The number of carbonyl (C=O) groups is 3. The summed E-state index contributed by atoms with van der Waals surface area (Å²) in [5, 5.41) is 20.7. The Kier molecular flexibility index (Phi) is 9.15. The first-order valence-corrected chi connectivity index (χ1v) is 16.7. The lowest BCUT2D eigenvalue weighted by Crippen LogP contribution is -2.39. The summed E-state index contributed by atoms with van der Waals surface area (Å²) < 4.78 is 74.5. The predicted octanol–water partition coefficient (Wildman–Crippen LogP) is 4.81. The summed E-state index contributed by atoms with van der Waals surface area (Å²) in [4.78, 5) is 43.4.